The minimum atomic E-state index is 0.188. The molecule has 1 aliphatic heterocycles. The van der Waals surface area contributed by atoms with Gasteiger partial charge in [-0.2, -0.15) is 5.26 Å². The first-order valence-electron chi connectivity index (χ1n) is 6.46. The third-order valence-electron chi connectivity index (χ3n) is 4.24. The van der Waals surface area contributed by atoms with Gasteiger partial charge >= 0.3 is 0 Å². The molecule has 1 atom stereocenters. The van der Waals surface area contributed by atoms with E-state index >= 15 is 0 Å². The van der Waals surface area contributed by atoms with E-state index < -0.39 is 0 Å². The van der Waals surface area contributed by atoms with E-state index in [-0.39, 0.29) is 5.41 Å². The Labute approximate surface area is 118 Å². The van der Waals surface area contributed by atoms with E-state index in [0.717, 1.165) is 18.5 Å². The third-order valence-corrected chi connectivity index (χ3v) is 4.57. The lowest BCUT2D eigenvalue weighted by atomic mass is 9.83. The molecular weight excluding hydrogens is 256 g/mol. The largest absolute Gasteiger partial charge is 0.288 e. The van der Waals surface area contributed by atoms with Crippen molar-refractivity contribution >= 4 is 17.8 Å². The van der Waals surface area contributed by atoms with Crippen molar-refractivity contribution in [2.24, 2.45) is 10.4 Å². The maximum atomic E-state index is 8.91. The summed E-state index contributed by atoms with van der Waals surface area (Å²) in [5.41, 5.74) is 4.69. The molecule has 0 saturated carbocycles. The van der Waals surface area contributed by atoms with Crippen molar-refractivity contribution in [1.29, 1.82) is 5.26 Å². The van der Waals surface area contributed by atoms with Crippen molar-refractivity contribution in [3.8, 4) is 6.07 Å². The lowest BCUT2D eigenvalue weighted by Crippen LogP contribution is -2.12. The quantitative estimate of drug-likeness (QED) is 0.757. The van der Waals surface area contributed by atoms with Crippen LogP contribution in [-0.2, 0) is 0 Å². The fraction of sp³-hybridized carbons (Fsp3) is 0.375. The second kappa shape index (κ2) is 4.21. The predicted octanol–water partition coefficient (Wildman–Crippen LogP) is 4.11. The molecule has 3 heteroatoms. The molecule has 0 amide bonds. The minimum absolute atomic E-state index is 0.188. The Morgan fingerprint density at radius 3 is 2.89 bits per heavy atom. The van der Waals surface area contributed by atoms with Gasteiger partial charge < -0.3 is 0 Å². The van der Waals surface area contributed by atoms with Crippen LogP contribution in [0.1, 0.15) is 37.3 Å². The van der Waals surface area contributed by atoms with Crippen LogP contribution in [0.2, 0.25) is 5.02 Å². The second-order valence-electron chi connectivity index (χ2n) is 5.89. The van der Waals surface area contributed by atoms with Crippen LogP contribution in [-0.4, -0.2) is 12.8 Å². The fourth-order valence-corrected chi connectivity index (χ4v) is 3.52. The molecule has 0 radical (unpaired) electrons. The molecule has 0 fully saturated rings. The lowest BCUT2D eigenvalue weighted by Gasteiger charge is -2.22. The van der Waals surface area contributed by atoms with Crippen LogP contribution in [0, 0.1) is 16.7 Å². The number of allylic oxidation sites excluding steroid dienone is 1. The Bertz CT molecular complexity index is 647. The van der Waals surface area contributed by atoms with E-state index in [9.17, 15) is 0 Å². The molecule has 2 nitrogen and oxygen atoms in total. The molecule has 1 aromatic carbocycles. The molecule has 19 heavy (non-hydrogen) atoms. The highest BCUT2D eigenvalue weighted by molar-refractivity contribution is 6.31. The number of hydrogen-bond acceptors (Lipinski definition) is 2. The number of halogens is 1. The molecule has 2 aliphatic rings. The SMILES string of the molecule is CC1(C)CC(c2ccc(C#N)cc2Cl)C2=C1CN=C2. The zero-order valence-corrected chi connectivity index (χ0v) is 11.8. The van der Waals surface area contributed by atoms with Gasteiger partial charge in [0.25, 0.3) is 0 Å². The van der Waals surface area contributed by atoms with E-state index in [4.69, 9.17) is 16.9 Å². The molecule has 0 aromatic heterocycles. The van der Waals surface area contributed by atoms with Gasteiger partial charge in [0.05, 0.1) is 18.2 Å². The number of benzene rings is 1. The normalized spacial score (nSPS) is 23.6. The molecule has 0 spiro atoms. The lowest BCUT2D eigenvalue weighted by molar-refractivity contribution is 0.419. The monoisotopic (exact) mass is 270 g/mol. The van der Waals surface area contributed by atoms with Gasteiger partial charge in [0, 0.05) is 17.2 Å². The third kappa shape index (κ3) is 1.89. The summed E-state index contributed by atoms with van der Waals surface area (Å²) in [5, 5.41) is 9.60. The van der Waals surface area contributed by atoms with E-state index in [2.05, 4.69) is 24.9 Å². The molecule has 1 aromatic rings. The van der Waals surface area contributed by atoms with Gasteiger partial charge in [-0.1, -0.05) is 31.5 Å². The average molecular weight is 271 g/mol. The molecule has 1 aliphatic carbocycles. The Hall–Kier alpha value is -1.59. The summed E-state index contributed by atoms with van der Waals surface area (Å²) in [5.74, 6) is 0.316. The van der Waals surface area contributed by atoms with Gasteiger partial charge in [-0.25, -0.2) is 0 Å². The molecule has 1 heterocycles. The van der Waals surface area contributed by atoms with Crippen molar-refractivity contribution in [3.63, 3.8) is 0 Å². The van der Waals surface area contributed by atoms with Gasteiger partial charge in [-0.15, -0.1) is 0 Å². The first-order valence-corrected chi connectivity index (χ1v) is 6.83. The first-order chi connectivity index (χ1) is 9.03. The van der Waals surface area contributed by atoms with Crippen LogP contribution in [0.4, 0.5) is 0 Å². The Morgan fingerprint density at radius 2 is 2.21 bits per heavy atom. The van der Waals surface area contributed by atoms with E-state index in [1.54, 1.807) is 6.07 Å². The summed E-state index contributed by atoms with van der Waals surface area (Å²) in [6, 6.07) is 7.72. The van der Waals surface area contributed by atoms with Gasteiger partial charge in [-0.3, -0.25) is 4.99 Å². The maximum Gasteiger partial charge on any atom is 0.0992 e. The highest BCUT2D eigenvalue weighted by Gasteiger charge is 2.41. The summed E-state index contributed by atoms with van der Waals surface area (Å²) in [7, 11) is 0. The molecule has 3 rings (SSSR count). The van der Waals surface area contributed by atoms with Crippen LogP contribution < -0.4 is 0 Å². The Morgan fingerprint density at radius 1 is 1.42 bits per heavy atom. The summed E-state index contributed by atoms with van der Waals surface area (Å²) in [6.45, 7) is 5.37. The van der Waals surface area contributed by atoms with Crippen LogP contribution in [0.25, 0.3) is 0 Å². The van der Waals surface area contributed by atoms with Crippen LogP contribution >= 0.6 is 11.6 Å². The van der Waals surface area contributed by atoms with Gasteiger partial charge in [0.1, 0.15) is 0 Å². The number of nitriles is 1. The fourth-order valence-electron chi connectivity index (χ4n) is 3.21. The number of rotatable bonds is 1. The maximum absolute atomic E-state index is 8.91. The van der Waals surface area contributed by atoms with E-state index in [1.165, 1.54) is 11.1 Å². The average Bonchev–Trinajstić information content (AvgIpc) is 2.93. The van der Waals surface area contributed by atoms with Gasteiger partial charge in [-0.05, 0) is 40.7 Å². The number of hydrogen-bond donors (Lipinski definition) is 0. The van der Waals surface area contributed by atoms with Crippen LogP contribution in [0.3, 0.4) is 0 Å². The van der Waals surface area contributed by atoms with E-state index in [0.29, 0.717) is 16.5 Å². The highest BCUT2D eigenvalue weighted by atomic mass is 35.5. The van der Waals surface area contributed by atoms with Crippen molar-refractivity contribution < 1.29 is 0 Å². The summed E-state index contributed by atoms with van der Waals surface area (Å²) >= 11 is 6.35. The van der Waals surface area contributed by atoms with Crippen LogP contribution in [0.15, 0.2) is 34.3 Å². The summed E-state index contributed by atoms with van der Waals surface area (Å²) in [6.07, 6.45) is 3.07. The molecule has 0 N–H and O–H groups in total. The molecule has 0 saturated heterocycles. The number of aliphatic imine (C=N–C) groups is 1. The molecular formula is C16H15ClN2. The molecule has 0 bridgehead atoms. The highest BCUT2D eigenvalue weighted by Crippen LogP contribution is 2.52. The first kappa shape index (κ1) is 12.4. The predicted molar refractivity (Wildman–Crippen MR) is 77.7 cm³/mol. The van der Waals surface area contributed by atoms with Crippen LogP contribution in [0.5, 0.6) is 0 Å². The van der Waals surface area contributed by atoms with Crippen molar-refractivity contribution in [3.05, 3.63) is 45.5 Å². The Kier molecular flexibility index (Phi) is 2.76. The smallest absolute Gasteiger partial charge is 0.0992 e. The van der Waals surface area contributed by atoms with Gasteiger partial charge in [0.15, 0.2) is 0 Å². The minimum Gasteiger partial charge on any atom is -0.288 e. The van der Waals surface area contributed by atoms with Gasteiger partial charge in [0.2, 0.25) is 0 Å². The zero-order chi connectivity index (χ0) is 13.6. The summed E-state index contributed by atoms with van der Waals surface area (Å²) < 4.78 is 0. The van der Waals surface area contributed by atoms with Crippen molar-refractivity contribution in [2.75, 3.05) is 6.54 Å². The zero-order valence-electron chi connectivity index (χ0n) is 11.1. The summed E-state index contributed by atoms with van der Waals surface area (Å²) in [4.78, 5) is 4.41. The topological polar surface area (TPSA) is 36.1 Å². The second-order valence-corrected chi connectivity index (χ2v) is 6.30. The molecule has 1 unspecified atom stereocenters. The van der Waals surface area contributed by atoms with Crippen molar-refractivity contribution in [2.45, 2.75) is 26.2 Å². The Balaban J connectivity index is 2.05. The van der Waals surface area contributed by atoms with E-state index in [1.807, 2.05) is 18.3 Å². The number of nitrogens with zero attached hydrogens (tertiary/aromatic N) is 2. The van der Waals surface area contributed by atoms with Crippen molar-refractivity contribution in [1.82, 2.24) is 0 Å². The standard InChI is InChI=1S/C16H15ClN2/c1-16(2)6-12(13-8-19-9-14(13)16)11-4-3-10(7-18)5-15(11)17/h3-5,8,12H,6,9H2,1-2H3. The molecule has 96 valence electrons.